The highest BCUT2D eigenvalue weighted by Gasteiger charge is 2.37. The number of hydrogen-bond acceptors (Lipinski definition) is 5. The molecule has 0 bridgehead atoms. The number of pyridine rings is 1. The minimum absolute atomic E-state index is 0.202. The van der Waals surface area contributed by atoms with Crippen LogP contribution >= 0.6 is 11.6 Å². The van der Waals surface area contributed by atoms with Gasteiger partial charge in [-0.2, -0.15) is 0 Å². The first-order valence-electron chi connectivity index (χ1n) is 12.5. The van der Waals surface area contributed by atoms with Gasteiger partial charge < -0.3 is 25.0 Å². The van der Waals surface area contributed by atoms with Crippen LogP contribution in [0.2, 0.25) is 5.02 Å². The normalized spacial score (nSPS) is 20.3. The average molecular weight is 515 g/mol. The van der Waals surface area contributed by atoms with E-state index in [0.717, 1.165) is 30.0 Å². The molecule has 0 unspecified atom stereocenters. The lowest BCUT2D eigenvalue weighted by molar-refractivity contribution is 0.0178. The van der Waals surface area contributed by atoms with E-state index in [1.165, 1.54) is 6.42 Å². The number of rotatable bonds is 5. The average Bonchev–Trinajstić information content (AvgIpc) is 2.78. The number of hydrogen-bond donors (Lipinski definition) is 2. The molecule has 2 fully saturated rings. The van der Waals surface area contributed by atoms with Gasteiger partial charge in [-0.15, -0.1) is 0 Å². The van der Waals surface area contributed by atoms with Crippen LogP contribution in [-0.4, -0.2) is 53.9 Å². The molecule has 36 heavy (non-hydrogen) atoms. The second kappa shape index (κ2) is 10.9. The van der Waals surface area contributed by atoms with Crippen molar-refractivity contribution in [1.29, 1.82) is 0 Å². The van der Waals surface area contributed by atoms with E-state index in [1.807, 2.05) is 32.9 Å². The van der Waals surface area contributed by atoms with E-state index in [2.05, 4.69) is 10.6 Å². The topological polar surface area (TPSA) is 92.8 Å². The van der Waals surface area contributed by atoms with Gasteiger partial charge in [0, 0.05) is 47.4 Å². The first kappa shape index (κ1) is 26.1. The van der Waals surface area contributed by atoms with Crippen LogP contribution in [0, 0.1) is 0 Å². The van der Waals surface area contributed by atoms with Gasteiger partial charge in [0.2, 0.25) is 0 Å². The molecule has 2 aromatic rings. The number of anilines is 1. The van der Waals surface area contributed by atoms with E-state index < -0.39 is 5.60 Å². The number of nitrogens with zero attached hydrogens (tertiary/aromatic N) is 2. The molecule has 9 heteroatoms. The summed E-state index contributed by atoms with van der Waals surface area (Å²) in [6.07, 6.45) is 3.58. The predicted molar refractivity (Wildman–Crippen MR) is 140 cm³/mol. The SMILES string of the molecule is COc1ccc([C@@H]2CN(C(=O)OC(C)(C)C)CC[C@H]2NC(=O)Nc2ccc(Cl)cc2)nc1C1CCC1. The number of benzene rings is 1. The maximum atomic E-state index is 12.9. The minimum atomic E-state index is -0.587. The summed E-state index contributed by atoms with van der Waals surface area (Å²) in [6, 6.07) is 10.3. The Labute approximate surface area is 217 Å². The smallest absolute Gasteiger partial charge is 0.410 e. The molecule has 4 rings (SSSR count). The van der Waals surface area contributed by atoms with Gasteiger partial charge in [0.15, 0.2) is 0 Å². The van der Waals surface area contributed by atoms with Crippen molar-refractivity contribution < 1.29 is 19.1 Å². The van der Waals surface area contributed by atoms with Crippen molar-refractivity contribution in [3.63, 3.8) is 0 Å². The highest BCUT2D eigenvalue weighted by atomic mass is 35.5. The van der Waals surface area contributed by atoms with Crippen LogP contribution in [0.3, 0.4) is 0 Å². The zero-order chi connectivity index (χ0) is 25.9. The molecule has 2 N–H and O–H groups in total. The summed E-state index contributed by atoms with van der Waals surface area (Å²) < 4.78 is 11.2. The summed E-state index contributed by atoms with van der Waals surface area (Å²) in [5, 5.41) is 6.58. The first-order chi connectivity index (χ1) is 17.1. The number of piperidine rings is 1. The number of methoxy groups -OCH3 is 1. The summed E-state index contributed by atoms with van der Waals surface area (Å²) in [7, 11) is 1.66. The van der Waals surface area contributed by atoms with E-state index in [9.17, 15) is 9.59 Å². The van der Waals surface area contributed by atoms with Crippen molar-refractivity contribution >= 4 is 29.4 Å². The number of urea groups is 1. The molecule has 8 nitrogen and oxygen atoms in total. The van der Waals surface area contributed by atoms with E-state index in [1.54, 1.807) is 36.3 Å². The lowest BCUT2D eigenvalue weighted by Crippen LogP contribution is -2.53. The minimum Gasteiger partial charge on any atom is -0.495 e. The molecule has 1 aliphatic carbocycles. The number of carbonyl (C=O) groups excluding carboxylic acids is 2. The van der Waals surface area contributed by atoms with E-state index in [-0.39, 0.29) is 24.1 Å². The molecule has 1 aromatic carbocycles. The molecule has 1 saturated carbocycles. The number of likely N-dealkylation sites (tertiary alicyclic amines) is 1. The Kier molecular flexibility index (Phi) is 7.93. The Bertz CT molecular complexity index is 1080. The van der Waals surface area contributed by atoms with Gasteiger partial charge in [0.1, 0.15) is 11.4 Å². The fraction of sp³-hybridized carbons (Fsp3) is 0.519. The molecule has 3 amide bonds. The molecule has 194 valence electrons. The van der Waals surface area contributed by atoms with Crippen molar-refractivity contribution in [1.82, 2.24) is 15.2 Å². The molecule has 0 spiro atoms. The van der Waals surface area contributed by atoms with E-state index in [0.29, 0.717) is 36.1 Å². The van der Waals surface area contributed by atoms with Gasteiger partial charge in [-0.25, -0.2) is 9.59 Å². The van der Waals surface area contributed by atoms with Crippen LogP contribution < -0.4 is 15.4 Å². The van der Waals surface area contributed by atoms with E-state index in [4.69, 9.17) is 26.1 Å². The van der Waals surface area contributed by atoms with Crippen molar-refractivity contribution in [3.05, 3.63) is 52.8 Å². The van der Waals surface area contributed by atoms with Crippen molar-refractivity contribution in [2.75, 3.05) is 25.5 Å². The number of amides is 3. The van der Waals surface area contributed by atoms with Gasteiger partial charge in [-0.3, -0.25) is 4.98 Å². The van der Waals surface area contributed by atoms with Crippen LogP contribution in [0.15, 0.2) is 36.4 Å². The number of aromatic nitrogens is 1. The Hall–Kier alpha value is -3.00. The highest BCUT2D eigenvalue weighted by molar-refractivity contribution is 6.30. The molecule has 0 radical (unpaired) electrons. The van der Waals surface area contributed by atoms with Crippen LogP contribution in [0.25, 0.3) is 0 Å². The van der Waals surface area contributed by atoms with Gasteiger partial charge >= 0.3 is 12.1 Å². The molecule has 1 saturated heterocycles. The first-order valence-corrected chi connectivity index (χ1v) is 12.9. The summed E-state index contributed by atoms with van der Waals surface area (Å²) >= 11 is 5.95. The highest BCUT2D eigenvalue weighted by Crippen LogP contribution is 2.41. The van der Waals surface area contributed by atoms with Gasteiger partial charge in [0.25, 0.3) is 0 Å². The molecule has 1 aliphatic heterocycles. The third kappa shape index (κ3) is 6.40. The van der Waals surface area contributed by atoms with Crippen molar-refractivity contribution in [3.8, 4) is 5.75 Å². The Morgan fingerprint density at radius 1 is 1.08 bits per heavy atom. The molecule has 1 aromatic heterocycles. The maximum absolute atomic E-state index is 12.9. The fourth-order valence-electron chi connectivity index (χ4n) is 4.62. The third-order valence-electron chi connectivity index (χ3n) is 6.68. The maximum Gasteiger partial charge on any atom is 0.410 e. The number of carbonyl (C=O) groups is 2. The zero-order valence-corrected chi connectivity index (χ0v) is 22.1. The molecule has 2 heterocycles. The number of nitrogens with one attached hydrogen (secondary N) is 2. The van der Waals surface area contributed by atoms with Gasteiger partial charge in [-0.1, -0.05) is 18.0 Å². The fourth-order valence-corrected chi connectivity index (χ4v) is 4.74. The second-order valence-electron chi connectivity index (χ2n) is 10.5. The molecule has 2 atom stereocenters. The van der Waals surface area contributed by atoms with Gasteiger partial charge in [0.05, 0.1) is 12.8 Å². The van der Waals surface area contributed by atoms with Gasteiger partial charge in [-0.05, 0) is 76.4 Å². The Morgan fingerprint density at radius 3 is 2.42 bits per heavy atom. The number of halogens is 1. The summed E-state index contributed by atoms with van der Waals surface area (Å²) in [5.74, 6) is 0.963. The molecular weight excluding hydrogens is 480 g/mol. The van der Waals surface area contributed by atoms with Crippen molar-refractivity contribution in [2.24, 2.45) is 0 Å². The summed E-state index contributed by atoms with van der Waals surface area (Å²) in [6.45, 7) is 6.43. The largest absolute Gasteiger partial charge is 0.495 e. The zero-order valence-electron chi connectivity index (χ0n) is 21.3. The second-order valence-corrected chi connectivity index (χ2v) is 10.9. The van der Waals surface area contributed by atoms with Crippen LogP contribution in [0.5, 0.6) is 5.75 Å². The standard InChI is InChI=1S/C27H35ClN4O4/c1-27(2,3)36-26(34)32-15-14-22(31-25(33)29-19-10-8-18(28)9-11-19)20(16-32)21-12-13-23(35-4)24(30-21)17-6-5-7-17/h8-13,17,20,22H,5-7,14-16H2,1-4H3,(H2,29,31,33)/t20-,22+/m0/s1. The quantitative estimate of drug-likeness (QED) is 0.516. The molecular formula is C27H35ClN4O4. The summed E-state index contributed by atoms with van der Waals surface area (Å²) in [4.78, 5) is 32.5. The Balaban J connectivity index is 1.56. The van der Waals surface area contributed by atoms with Crippen LogP contribution in [0.1, 0.15) is 69.7 Å². The lowest BCUT2D eigenvalue weighted by atomic mass is 9.81. The lowest BCUT2D eigenvalue weighted by Gasteiger charge is -2.39. The number of ether oxygens (including phenoxy) is 2. The van der Waals surface area contributed by atoms with Crippen LogP contribution in [-0.2, 0) is 4.74 Å². The Morgan fingerprint density at radius 2 is 1.81 bits per heavy atom. The monoisotopic (exact) mass is 514 g/mol. The predicted octanol–water partition coefficient (Wildman–Crippen LogP) is 5.93. The third-order valence-corrected chi connectivity index (χ3v) is 6.93. The summed E-state index contributed by atoms with van der Waals surface area (Å²) in [5.41, 5.74) is 1.85. The van der Waals surface area contributed by atoms with E-state index >= 15 is 0 Å². The van der Waals surface area contributed by atoms with Crippen LogP contribution in [0.4, 0.5) is 15.3 Å². The molecule has 2 aliphatic rings. The van der Waals surface area contributed by atoms with Crippen molar-refractivity contribution in [2.45, 2.75) is 69.9 Å².